The van der Waals surface area contributed by atoms with Crippen molar-refractivity contribution in [2.24, 2.45) is 0 Å². The number of hydrogen-bond donors (Lipinski definition) is 0. The quantitative estimate of drug-likeness (QED) is 0.779. The lowest BCUT2D eigenvalue weighted by molar-refractivity contribution is 0.283. The predicted molar refractivity (Wildman–Crippen MR) is 69.5 cm³/mol. The lowest BCUT2D eigenvalue weighted by Crippen LogP contribution is -2.02. The highest BCUT2D eigenvalue weighted by Crippen LogP contribution is 2.26. The molecule has 0 spiro atoms. The molecule has 0 radical (unpaired) electrons. The van der Waals surface area contributed by atoms with Gasteiger partial charge in [0.1, 0.15) is 12.4 Å². The van der Waals surface area contributed by atoms with Crippen molar-refractivity contribution >= 4 is 15.9 Å². The minimum atomic E-state index is -1.14. The number of ether oxygens (including phenoxy) is 1. The Bertz CT molecular complexity index is 698. The molecule has 0 saturated carbocycles. The van der Waals surface area contributed by atoms with E-state index in [-0.39, 0.29) is 23.5 Å². The standard InChI is InChI=1S/C14H7BrF3NO/c15-10-4-12(17)14(18)13(5-10)20-7-9-3-11(16)2-1-8(9)6-19/h1-5H,7H2. The van der Waals surface area contributed by atoms with E-state index in [9.17, 15) is 13.2 Å². The summed E-state index contributed by atoms with van der Waals surface area (Å²) in [5.74, 6) is -3.05. The Morgan fingerprint density at radius 2 is 1.90 bits per heavy atom. The number of hydrogen-bond acceptors (Lipinski definition) is 2. The van der Waals surface area contributed by atoms with Crippen LogP contribution in [0.1, 0.15) is 11.1 Å². The van der Waals surface area contributed by atoms with Crippen molar-refractivity contribution in [2.75, 3.05) is 0 Å². The molecule has 0 aliphatic heterocycles. The molecule has 0 heterocycles. The van der Waals surface area contributed by atoms with Gasteiger partial charge in [-0.25, -0.2) is 8.78 Å². The molecule has 2 rings (SSSR count). The molecule has 2 aromatic rings. The molecular formula is C14H7BrF3NO. The monoisotopic (exact) mass is 341 g/mol. The van der Waals surface area contributed by atoms with E-state index in [1.54, 1.807) is 0 Å². The van der Waals surface area contributed by atoms with Crippen molar-refractivity contribution in [1.29, 1.82) is 5.26 Å². The van der Waals surface area contributed by atoms with Crippen LogP contribution in [0.25, 0.3) is 0 Å². The van der Waals surface area contributed by atoms with Crippen LogP contribution in [0, 0.1) is 28.8 Å². The van der Waals surface area contributed by atoms with Gasteiger partial charge in [-0.3, -0.25) is 0 Å². The molecule has 6 heteroatoms. The summed E-state index contributed by atoms with van der Waals surface area (Å²) < 4.78 is 45.2. The molecule has 2 aromatic carbocycles. The zero-order valence-electron chi connectivity index (χ0n) is 9.96. The van der Waals surface area contributed by atoms with Crippen LogP contribution >= 0.6 is 15.9 Å². The van der Waals surface area contributed by atoms with Crippen LogP contribution in [-0.2, 0) is 6.61 Å². The molecule has 0 fully saturated rings. The molecule has 102 valence electrons. The third kappa shape index (κ3) is 3.11. The van der Waals surface area contributed by atoms with Gasteiger partial charge in [-0.1, -0.05) is 15.9 Å². The zero-order chi connectivity index (χ0) is 14.7. The van der Waals surface area contributed by atoms with E-state index in [0.717, 1.165) is 18.2 Å². The number of nitrogens with zero attached hydrogens (tertiary/aromatic N) is 1. The highest BCUT2D eigenvalue weighted by atomic mass is 79.9. The normalized spacial score (nSPS) is 10.2. The van der Waals surface area contributed by atoms with Crippen LogP contribution in [0.3, 0.4) is 0 Å². The lowest BCUT2D eigenvalue weighted by Gasteiger charge is -2.09. The minimum Gasteiger partial charge on any atom is -0.486 e. The molecule has 20 heavy (non-hydrogen) atoms. The molecule has 2 nitrogen and oxygen atoms in total. The zero-order valence-corrected chi connectivity index (χ0v) is 11.5. The summed E-state index contributed by atoms with van der Waals surface area (Å²) in [6.45, 7) is -0.243. The second-order valence-electron chi connectivity index (χ2n) is 3.90. The van der Waals surface area contributed by atoms with Gasteiger partial charge in [0.05, 0.1) is 11.6 Å². The summed E-state index contributed by atoms with van der Waals surface area (Å²) in [7, 11) is 0. The third-order valence-corrected chi connectivity index (χ3v) is 2.99. The van der Waals surface area contributed by atoms with Crippen LogP contribution in [0.5, 0.6) is 5.75 Å². The Hall–Kier alpha value is -2.00. The molecule has 0 unspecified atom stereocenters. The summed E-state index contributed by atoms with van der Waals surface area (Å²) >= 11 is 3.01. The smallest absolute Gasteiger partial charge is 0.200 e. The first-order valence-corrected chi connectivity index (χ1v) is 6.26. The summed E-state index contributed by atoms with van der Waals surface area (Å²) in [5, 5.41) is 8.88. The molecule has 0 atom stereocenters. The maximum atomic E-state index is 13.5. The van der Waals surface area contributed by atoms with Crippen LogP contribution in [0.15, 0.2) is 34.8 Å². The van der Waals surface area contributed by atoms with Gasteiger partial charge in [0.2, 0.25) is 5.82 Å². The topological polar surface area (TPSA) is 33.0 Å². The molecule has 0 bridgehead atoms. The van der Waals surface area contributed by atoms with Gasteiger partial charge in [-0.05, 0) is 30.3 Å². The number of rotatable bonds is 3. The fourth-order valence-corrected chi connectivity index (χ4v) is 1.99. The van der Waals surface area contributed by atoms with Gasteiger partial charge in [-0.2, -0.15) is 9.65 Å². The van der Waals surface area contributed by atoms with Crippen LogP contribution in [0.2, 0.25) is 0 Å². The van der Waals surface area contributed by atoms with Gasteiger partial charge in [0.25, 0.3) is 0 Å². The molecule has 0 aliphatic carbocycles. The largest absolute Gasteiger partial charge is 0.486 e. The van der Waals surface area contributed by atoms with Crippen molar-refractivity contribution in [1.82, 2.24) is 0 Å². The van der Waals surface area contributed by atoms with E-state index in [2.05, 4.69) is 15.9 Å². The van der Waals surface area contributed by atoms with E-state index in [4.69, 9.17) is 10.00 Å². The average molecular weight is 342 g/mol. The maximum Gasteiger partial charge on any atom is 0.200 e. The van der Waals surface area contributed by atoms with Crippen LogP contribution in [0.4, 0.5) is 13.2 Å². The average Bonchev–Trinajstić information content (AvgIpc) is 2.41. The Balaban J connectivity index is 2.26. The van der Waals surface area contributed by atoms with Crippen molar-refractivity contribution in [3.05, 3.63) is 63.4 Å². The molecular weight excluding hydrogens is 335 g/mol. The van der Waals surface area contributed by atoms with Crippen molar-refractivity contribution in [3.8, 4) is 11.8 Å². The SMILES string of the molecule is N#Cc1ccc(F)cc1COc1cc(Br)cc(F)c1F. The van der Waals surface area contributed by atoms with Crippen LogP contribution < -0.4 is 4.74 Å². The van der Waals surface area contributed by atoms with Crippen molar-refractivity contribution in [2.45, 2.75) is 6.61 Å². The summed E-state index contributed by atoms with van der Waals surface area (Å²) in [5.41, 5.74) is 0.467. The van der Waals surface area contributed by atoms with E-state index < -0.39 is 17.5 Å². The highest BCUT2D eigenvalue weighted by Gasteiger charge is 2.12. The summed E-state index contributed by atoms with van der Waals surface area (Å²) in [4.78, 5) is 0. The van der Waals surface area contributed by atoms with Gasteiger partial charge in [-0.15, -0.1) is 0 Å². The second-order valence-corrected chi connectivity index (χ2v) is 4.82. The number of benzene rings is 2. The van der Waals surface area contributed by atoms with Crippen molar-refractivity contribution in [3.63, 3.8) is 0 Å². The van der Waals surface area contributed by atoms with Gasteiger partial charge in [0, 0.05) is 10.0 Å². The number of nitriles is 1. The Morgan fingerprint density at radius 3 is 2.60 bits per heavy atom. The predicted octanol–water partition coefficient (Wildman–Crippen LogP) is 4.32. The van der Waals surface area contributed by atoms with E-state index in [0.29, 0.717) is 4.47 Å². The van der Waals surface area contributed by atoms with E-state index in [1.165, 1.54) is 12.1 Å². The van der Waals surface area contributed by atoms with Crippen LogP contribution in [-0.4, -0.2) is 0 Å². The molecule has 0 aliphatic rings. The Morgan fingerprint density at radius 1 is 1.15 bits per heavy atom. The number of halogens is 4. The van der Waals surface area contributed by atoms with E-state index >= 15 is 0 Å². The van der Waals surface area contributed by atoms with E-state index in [1.807, 2.05) is 6.07 Å². The molecule has 0 N–H and O–H groups in total. The first-order valence-electron chi connectivity index (χ1n) is 5.47. The Kier molecular flexibility index (Phi) is 4.30. The Labute approximate surface area is 121 Å². The first kappa shape index (κ1) is 14.4. The molecule has 0 amide bonds. The van der Waals surface area contributed by atoms with Gasteiger partial charge in [0.15, 0.2) is 11.6 Å². The fourth-order valence-electron chi connectivity index (χ4n) is 1.58. The van der Waals surface area contributed by atoms with Crippen molar-refractivity contribution < 1.29 is 17.9 Å². The lowest BCUT2D eigenvalue weighted by atomic mass is 10.1. The fraction of sp³-hybridized carbons (Fsp3) is 0.0714. The minimum absolute atomic E-state index is 0.210. The molecule has 0 aromatic heterocycles. The second kappa shape index (κ2) is 5.97. The molecule has 0 saturated heterocycles. The van der Waals surface area contributed by atoms with Gasteiger partial charge >= 0.3 is 0 Å². The summed E-state index contributed by atoms with van der Waals surface area (Å²) in [6.07, 6.45) is 0. The van der Waals surface area contributed by atoms with Gasteiger partial charge < -0.3 is 4.74 Å². The maximum absolute atomic E-state index is 13.5. The highest BCUT2D eigenvalue weighted by molar-refractivity contribution is 9.10. The summed E-state index contributed by atoms with van der Waals surface area (Å²) in [6, 6.07) is 7.64. The third-order valence-electron chi connectivity index (χ3n) is 2.53. The first-order chi connectivity index (χ1) is 9.51.